The minimum absolute atomic E-state index is 0.0149. The summed E-state index contributed by atoms with van der Waals surface area (Å²) in [4.78, 5) is 3.96. The highest BCUT2D eigenvalue weighted by atomic mass is 19.4. The second-order valence-electron chi connectivity index (χ2n) is 8.54. The molecule has 8 heteroatoms. The van der Waals surface area contributed by atoms with Crippen molar-refractivity contribution in [1.29, 1.82) is 0 Å². The van der Waals surface area contributed by atoms with Gasteiger partial charge in [0.2, 0.25) is 0 Å². The lowest BCUT2D eigenvalue weighted by atomic mass is 9.85. The molecule has 2 atom stereocenters. The monoisotopic (exact) mass is 440 g/mol. The van der Waals surface area contributed by atoms with E-state index in [0.29, 0.717) is 31.6 Å². The van der Waals surface area contributed by atoms with Gasteiger partial charge in [0, 0.05) is 25.7 Å². The van der Waals surface area contributed by atoms with Gasteiger partial charge in [0.1, 0.15) is 5.75 Å². The van der Waals surface area contributed by atoms with Crippen molar-refractivity contribution in [2.24, 2.45) is 0 Å². The molecule has 0 radical (unpaired) electrons. The van der Waals surface area contributed by atoms with Crippen molar-refractivity contribution in [3.8, 4) is 5.75 Å². The van der Waals surface area contributed by atoms with Crippen molar-refractivity contribution in [2.75, 3.05) is 26.2 Å². The average Bonchev–Trinajstić information content (AvgIpc) is 3.16. The Morgan fingerprint density at radius 1 is 0.935 bits per heavy atom. The van der Waals surface area contributed by atoms with Gasteiger partial charge in [0.25, 0.3) is 5.92 Å². The van der Waals surface area contributed by atoms with Crippen molar-refractivity contribution in [2.45, 2.75) is 43.4 Å². The molecule has 0 amide bonds. The van der Waals surface area contributed by atoms with Crippen LogP contribution in [0.4, 0.5) is 22.0 Å². The van der Waals surface area contributed by atoms with Crippen LogP contribution in [0, 0.1) is 0 Å². The molecule has 2 unspecified atom stereocenters. The maximum Gasteiger partial charge on any atom is 0.416 e. The van der Waals surface area contributed by atoms with Gasteiger partial charge < -0.3 is 5.11 Å². The molecular formula is C23H25F5N2O. The molecule has 0 aromatic heterocycles. The molecule has 2 aliphatic heterocycles. The van der Waals surface area contributed by atoms with Crippen LogP contribution in [0.15, 0.2) is 48.5 Å². The molecule has 2 fully saturated rings. The lowest BCUT2D eigenvalue weighted by Crippen LogP contribution is -2.51. The third-order valence-electron chi connectivity index (χ3n) is 6.38. The highest BCUT2D eigenvalue weighted by molar-refractivity contribution is 5.30. The van der Waals surface area contributed by atoms with Gasteiger partial charge in [-0.25, -0.2) is 8.78 Å². The largest absolute Gasteiger partial charge is 0.508 e. The van der Waals surface area contributed by atoms with Gasteiger partial charge >= 0.3 is 6.18 Å². The molecule has 0 spiro atoms. The van der Waals surface area contributed by atoms with Crippen LogP contribution in [0.3, 0.4) is 0 Å². The summed E-state index contributed by atoms with van der Waals surface area (Å²) in [5, 5.41) is 9.40. The van der Waals surface area contributed by atoms with Crippen LogP contribution in [0.25, 0.3) is 0 Å². The van der Waals surface area contributed by atoms with Crippen LogP contribution in [-0.4, -0.2) is 53.0 Å². The van der Waals surface area contributed by atoms with Crippen LogP contribution in [0.5, 0.6) is 5.75 Å². The number of alkyl halides is 5. The molecule has 0 saturated carbocycles. The molecule has 2 aliphatic rings. The summed E-state index contributed by atoms with van der Waals surface area (Å²) in [6.07, 6.45) is -3.25. The summed E-state index contributed by atoms with van der Waals surface area (Å²) in [6, 6.07) is 11.1. The van der Waals surface area contributed by atoms with Crippen molar-refractivity contribution in [3.63, 3.8) is 0 Å². The second-order valence-corrected chi connectivity index (χ2v) is 8.54. The van der Waals surface area contributed by atoms with E-state index in [2.05, 4.69) is 4.90 Å². The van der Waals surface area contributed by atoms with Crippen LogP contribution in [0.2, 0.25) is 0 Å². The second kappa shape index (κ2) is 8.39. The first kappa shape index (κ1) is 22.0. The topological polar surface area (TPSA) is 26.7 Å². The number of piperidine rings is 1. The Morgan fingerprint density at radius 2 is 1.61 bits per heavy atom. The number of rotatable bonds is 4. The molecule has 3 nitrogen and oxygen atoms in total. The molecular weight excluding hydrogens is 415 g/mol. The summed E-state index contributed by atoms with van der Waals surface area (Å²) < 4.78 is 68.0. The van der Waals surface area contributed by atoms with E-state index in [1.807, 2.05) is 4.90 Å². The van der Waals surface area contributed by atoms with E-state index in [0.717, 1.165) is 30.7 Å². The summed E-state index contributed by atoms with van der Waals surface area (Å²) >= 11 is 0. The van der Waals surface area contributed by atoms with E-state index < -0.39 is 23.6 Å². The van der Waals surface area contributed by atoms with Gasteiger partial charge in [0.15, 0.2) is 0 Å². The standard InChI is InChI=1S/C23H25F5N2O/c24-22(25)15-30(12-10-21(22)17-3-7-20(31)8-4-17)19-9-11-29(14-19)13-16-1-5-18(6-2-16)23(26,27)28/h1-8,19,21,31H,9-15H2. The zero-order valence-electron chi connectivity index (χ0n) is 17.0. The number of likely N-dealkylation sites (tertiary alicyclic amines) is 2. The van der Waals surface area contributed by atoms with E-state index in [4.69, 9.17) is 0 Å². The van der Waals surface area contributed by atoms with Crippen molar-refractivity contribution >= 4 is 0 Å². The fourth-order valence-electron chi connectivity index (χ4n) is 4.71. The number of benzene rings is 2. The van der Waals surface area contributed by atoms with E-state index in [9.17, 15) is 27.1 Å². The van der Waals surface area contributed by atoms with Crippen molar-refractivity contribution in [1.82, 2.24) is 9.80 Å². The molecule has 2 heterocycles. The lowest BCUT2D eigenvalue weighted by Gasteiger charge is -2.41. The number of phenols is 1. The van der Waals surface area contributed by atoms with Crippen LogP contribution < -0.4 is 0 Å². The van der Waals surface area contributed by atoms with Gasteiger partial charge in [-0.2, -0.15) is 13.2 Å². The maximum absolute atomic E-state index is 14.9. The number of hydrogen-bond acceptors (Lipinski definition) is 3. The molecule has 1 N–H and O–H groups in total. The summed E-state index contributed by atoms with van der Waals surface area (Å²) in [7, 11) is 0. The van der Waals surface area contributed by atoms with Crippen LogP contribution >= 0.6 is 0 Å². The Morgan fingerprint density at radius 3 is 2.23 bits per heavy atom. The minimum atomic E-state index is -4.35. The molecule has 2 aromatic carbocycles. The Bertz CT molecular complexity index is 882. The molecule has 31 heavy (non-hydrogen) atoms. The average molecular weight is 440 g/mol. The quantitative estimate of drug-likeness (QED) is 0.670. The van der Waals surface area contributed by atoms with Crippen LogP contribution in [-0.2, 0) is 12.7 Å². The molecule has 2 saturated heterocycles. The minimum Gasteiger partial charge on any atom is -0.508 e. The fourth-order valence-corrected chi connectivity index (χ4v) is 4.71. The zero-order valence-corrected chi connectivity index (χ0v) is 17.0. The Balaban J connectivity index is 1.34. The maximum atomic E-state index is 14.9. The van der Waals surface area contributed by atoms with Gasteiger partial charge in [-0.05, 0) is 54.8 Å². The predicted molar refractivity (Wildman–Crippen MR) is 107 cm³/mol. The summed E-state index contributed by atoms with van der Waals surface area (Å²) in [5.74, 6) is -3.67. The highest BCUT2D eigenvalue weighted by Gasteiger charge is 2.47. The first-order valence-electron chi connectivity index (χ1n) is 10.4. The van der Waals surface area contributed by atoms with E-state index >= 15 is 0 Å². The molecule has 0 bridgehead atoms. The van der Waals surface area contributed by atoms with E-state index in [1.165, 1.54) is 24.3 Å². The smallest absolute Gasteiger partial charge is 0.416 e. The van der Waals surface area contributed by atoms with Gasteiger partial charge in [0.05, 0.1) is 18.0 Å². The Hall–Kier alpha value is -2.19. The molecule has 0 aliphatic carbocycles. The zero-order chi connectivity index (χ0) is 22.2. The SMILES string of the molecule is Oc1ccc(C2CCN(C3CCN(Cc4ccc(C(F)(F)F)cc4)C3)CC2(F)F)cc1. The first-order chi connectivity index (χ1) is 14.6. The normalized spacial score (nSPS) is 25.1. The third kappa shape index (κ3) is 5.01. The lowest BCUT2D eigenvalue weighted by molar-refractivity contribution is -0.137. The summed E-state index contributed by atoms with van der Waals surface area (Å²) in [6.45, 7) is 2.13. The van der Waals surface area contributed by atoms with E-state index in [-0.39, 0.29) is 18.3 Å². The van der Waals surface area contributed by atoms with Crippen molar-refractivity contribution in [3.05, 3.63) is 65.2 Å². The predicted octanol–water partition coefficient (Wildman–Crippen LogP) is 5.11. The summed E-state index contributed by atoms with van der Waals surface area (Å²) in [5.41, 5.74) is 0.650. The molecule has 2 aromatic rings. The Labute approximate surface area is 178 Å². The number of nitrogens with zero attached hydrogens (tertiary/aromatic N) is 2. The van der Waals surface area contributed by atoms with Gasteiger partial charge in [-0.3, -0.25) is 9.80 Å². The van der Waals surface area contributed by atoms with Crippen LogP contribution in [0.1, 0.15) is 35.4 Å². The number of halogens is 5. The molecule has 168 valence electrons. The highest BCUT2D eigenvalue weighted by Crippen LogP contribution is 2.41. The van der Waals surface area contributed by atoms with Gasteiger partial charge in [-0.1, -0.05) is 24.3 Å². The number of aromatic hydroxyl groups is 1. The molecule has 4 rings (SSSR count). The van der Waals surface area contributed by atoms with Gasteiger partial charge in [-0.15, -0.1) is 0 Å². The van der Waals surface area contributed by atoms with E-state index in [1.54, 1.807) is 12.1 Å². The number of hydrogen-bond donors (Lipinski definition) is 1. The van der Waals surface area contributed by atoms with Crippen molar-refractivity contribution < 1.29 is 27.1 Å². The first-order valence-corrected chi connectivity index (χ1v) is 10.4. The Kier molecular flexibility index (Phi) is 5.96. The third-order valence-corrected chi connectivity index (χ3v) is 6.38. The number of phenolic OH excluding ortho intramolecular Hbond substituents is 1. The fraction of sp³-hybridized carbons (Fsp3) is 0.478.